The van der Waals surface area contributed by atoms with E-state index in [0.717, 1.165) is 32.1 Å². The van der Waals surface area contributed by atoms with Gasteiger partial charge in [0.15, 0.2) is 9.84 Å². The number of benzene rings is 1. The van der Waals surface area contributed by atoms with Gasteiger partial charge in [0, 0.05) is 11.9 Å². The molecule has 0 radical (unpaired) electrons. The minimum absolute atomic E-state index is 0.0417. The van der Waals surface area contributed by atoms with Crippen molar-refractivity contribution >= 4 is 27.4 Å². The number of piperidine rings is 1. The number of nitrogens with one attached hydrogen (secondary N) is 2. The first kappa shape index (κ1) is 18.4. The van der Waals surface area contributed by atoms with Crippen molar-refractivity contribution in [3.63, 3.8) is 0 Å². The molecule has 132 valence electrons. The third kappa shape index (κ3) is 4.78. The van der Waals surface area contributed by atoms with Crippen LogP contribution in [-0.4, -0.2) is 45.7 Å². The average Bonchev–Trinajstić information content (AvgIpc) is 2.54. The SMILES string of the molecule is CCOC(=O)c1cc(NC(=O)C2CCCCN2)cc(S(C)(=O)=O)c1. The van der Waals surface area contributed by atoms with Crippen molar-refractivity contribution in [2.75, 3.05) is 24.7 Å². The highest BCUT2D eigenvalue weighted by Crippen LogP contribution is 2.21. The Labute approximate surface area is 141 Å². The molecular weight excluding hydrogens is 332 g/mol. The summed E-state index contributed by atoms with van der Waals surface area (Å²) in [4.78, 5) is 24.2. The third-order valence-electron chi connectivity index (χ3n) is 3.74. The predicted octanol–water partition coefficient (Wildman–Crippen LogP) is 1.35. The highest BCUT2D eigenvalue weighted by molar-refractivity contribution is 7.90. The molecule has 7 nitrogen and oxygen atoms in total. The molecule has 1 aromatic carbocycles. The molecule has 0 aromatic heterocycles. The number of esters is 1. The Bertz CT molecular complexity index is 724. The largest absolute Gasteiger partial charge is 0.462 e. The van der Waals surface area contributed by atoms with E-state index in [1.165, 1.54) is 18.2 Å². The van der Waals surface area contributed by atoms with Crippen LogP contribution in [0.3, 0.4) is 0 Å². The number of rotatable bonds is 5. The molecule has 8 heteroatoms. The Balaban J connectivity index is 2.28. The molecule has 0 saturated carbocycles. The maximum absolute atomic E-state index is 12.3. The number of hydrogen-bond acceptors (Lipinski definition) is 6. The van der Waals surface area contributed by atoms with E-state index >= 15 is 0 Å². The second-order valence-electron chi connectivity index (χ2n) is 5.73. The van der Waals surface area contributed by atoms with Crippen molar-refractivity contribution < 1.29 is 22.7 Å². The molecule has 1 atom stereocenters. The van der Waals surface area contributed by atoms with Crippen molar-refractivity contribution in [3.05, 3.63) is 23.8 Å². The molecule has 24 heavy (non-hydrogen) atoms. The van der Waals surface area contributed by atoms with E-state index in [0.29, 0.717) is 0 Å². The molecule has 1 unspecified atom stereocenters. The highest BCUT2D eigenvalue weighted by Gasteiger charge is 2.22. The van der Waals surface area contributed by atoms with E-state index in [-0.39, 0.29) is 34.7 Å². The lowest BCUT2D eigenvalue weighted by Crippen LogP contribution is -2.43. The standard InChI is InChI=1S/C16H22N2O5S/c1-3-23-16(20)11-8-12(10-13(9-11)24(2,21)22)18-15(19)14-6-4-5-7-17-14/h8-10,14,17H,3-7H2,1-2H3,(H,18,19). The summed E-state index contributed by atoms with van der Waals surface area (Å²) in [7, 11) is -3.53. The summed E-state index contributed by atoms with van der Waals surface area (Å²) < 4.78 is 28.6. The van der Waals surface area contributed by atoms with Gasteiger partial charge in [0.05, 0.1) is 23.1 Å². The molecule has 2 rings (SSSR count). The van der Waals surface area contributed by atoms with Gasteiger partial charge in [-0.25, -0.2) is 13.2 Å². The first-order valence-corrected chi connectivity index (χ1v) is 9.77. The summed E-state index contributed by atoms with van der Waals surface area (Å²) in [6, 6.07) is 3.71. The molecule has 0 aliphatic carbocycles. The first-order chi connectivity index (χ1) is 11.3. The van der Waals surface area contributed by atoms with E-state index in [2.05, 4.69) is 10.6 Å². The minimum Gasteiger partial charge on any atom is -0.462 e. The summed E-state index contributed by atoms with van der Waals surface area (Å²) in [5.74, 6) is -0.871. The molecule has 1 fully saturated rings. The quantitative estimate of drug-likeness (QED) is 0.774. The van der Waals surface area contributed by atoms with E-state index in [1.54, 1.807) is 6.92 Å². The number of anilines is 1. The van der Waals surface area contributed by atoms with E-state index in [1.807, 2.05) is 0 Å². The average molecular weight is 354 g/mol. The van der Waals surface area contributed by atoms with Crippen LogP contribution in [0, 0.1) is 0 Å². The molecular formula is C16H22N2O5S. The summed E-state index contributed by atoms with van der Waals surface area (Å²) in [6.07, 6.45) is 3.76. The van der Waals surface area contributed by atoms with Gasteiger partial charge >= 0.3 is 5.97 Å². The summed E-state index contributed by atoms with van der Waals surface area (Å²) >= 11 is 0. The zero-order valence-electron chi connectivity index (χ0n) is 13.8. The van der Waals surface area contributed by atoms with Crippen molar-refractivity contribution in [1.29, 1.82) is 0 Å². The van der Waals surface area contributed by atoms with Crippen molar-refractivity contribution in [1.82, 2.24) is 5.32 Å². The lowest BCUT2D eigenvalue weighted by molar-refractivity contribution is -0.118. The Morgan fingerprint density at radius 3 is 2.62 bits per heavy atom. The number of hydrogen-bond donors (Lipinski definition) is 2. The van der Waals surface area contributed by atoms with Crippen molar-refractivity contribution in [3.8, 4) is 0 Å². The fourth-order valence-corrected chi connectivity index (χ4v) is 3.20. The van der Waals surface area contributed by atoms with Crippen LogP contribution in [0.5, 0.6) is 0 Å². The highest BCUT2D eigenvalue weighted by atomic mass is 32.2. The second kappa shape index (κ2) is 7.76. The normalized spacial score (nSPS) is 18.0. The number of amides is 1. The molecule has 2 N–H and O–H groups in total. The molecule has 0 bridgehead atoms. The third-order valence-corrected chi connectivity index (χ3v) is 4.83. The smallest absolute Gasteiger partial charge is 0.338 e. The fourth-order valence-electron chi connectivity index (χ4n) is 2.52. The number of sulfone groups is 1. The first-order valence-electron chi connectivity index (χ1n) is 7.88. The van der Waals surface area contributed by atoms with Crippen LogP contribution in [0.1, 0.15) is 36.5 Å². The molecule has 1 saturated heterocycles. The Kier molecular flexibility index (Phi) is 5.95. The van der Waals surface area contributed by atoms with Crippen LogP contribution in [0.2, 0.25) is 0 Å². The van der Waals surface area contributed by atoms with Gasteiger partial charge in [0.25, 0.3) is 0 Å². The van der Waals surface area contributed by atoms with Gasteiger partial charge in [-0.2, -0.15) is 0 Å². The van der Waals surface area contributed by atoms with Crippen LogP contribution >= 0.6 is 0 Å². The minimum atomic E-state index is -3.53. The molecule has 1 aliphatic heterocycles. The topological polar surface area (TPSA) is 102 Å². The molecule has 1 aromatic rings. The van der Waals surface area contributed by atoms with E-state index in [4.69, 9.17) is 4.74 Å². The van der Waals surface area contributed by atoms with Gasteiger partial charge in [0.2, 0.25) is 5.91 Å². The lowest BCUT2D eigenvalue weighted by atomic mass is 10.0. The van der Waals surface area contributed by atoms with Crippen LogP contribution in [0.15, 0.2) is 23.1 Å². The number of carbonyl (C=O) groups excluding carboxylic acids is 2. The lowest BCUT2D eigenvalue weighted by Gasteiger charge is -2.22. The molecule has 1 heterocycles. The Hall–Kier alpha value is -1.93. The zero-order valence-corrected chi connectivity index (χ0v) is 14.6. The van der Waals surface area contributed by atoms with Gasteiger partial charge in [-0.1, -0.05) is 6.42 Å². The Morgan fingerprint density at radius 2 is 2.04 bits per heavy atom. The second-order valence-corrected chi connectivity index (χ2v) is 7.75. The van der Waals surface area contributed by atoms with E-state index in [9.17, 15) is 18.0 Å². The summed E-state index contributed by atoms with van der Waals surface area (Å²) in [5.41, 5.74) is 0.352. The summed E-state index contributed by atoms with van der Waals surface area (Å²) in [5, 5.41) is 5.81. The van der Waals surface area contributed by atoms with Crippen molar-refractivity contribution in [2.45, 2.75) is 37.1 Å². The Morgan fingerprint density at radius 1 is 1.29 bits per heavy atom. The van der Waals surface area contributed by atoms with Crippen LogP contribution in [0.25, 0.3) is 0 Å². The number of ether oxygens (including phenoxy) is 1. The van der Waals surface area contributed by atoms with Gasteiger partial charge in [-0.15, -0.1) is 0 Å². The van der Waals surface area contributed by atoms with E-state index < -0.39 is 15.8 Å². The molecule has 0 spiro atoms. The molecule has 1 amide bonds. The number of carbonyl (C=O) groups is 2. The maximum Gasteiger partial charge on any atom is 0.338 e. The van der Waals surface area contributed by atoms with Crippen LogP contribution in [0.4, 0.5) is 5.69 Å². The monoisotopic (exact) mass is 354 g/mol. The fraction of sp³-hybridized carbons (Fsp3) is 0.500. The summed E-state index contributed by atoms with van der Waals surface area (Å²) in [6.45, 7) is 2.61. The van der Waals surface area contributed by atoms with Gasteiger partial charge < -0.3 is 15.4 Å². The van der Waals surface area contributed by atoms with Gasteiger partial charge in [0.1, 0.15) is 0 Å². The predicted molar refractivity (Wildman–Crippen MR) is 89.8 cm³/mol. The van der Waals surface area contributed by atoms with Crippen LogP contribution < -0.4 is 10.6 Å². The van der Waals surface area contributed by atoms with Crippen LogP contribution in [-0.2, 0) is 19.4 Å². The van der Waals surface area contributed by atoms with Crippen molar-refractivity contribution in [2.24, 2.45) is 0 Å². The zero-order chi connectivity index (χ0) is 17.7. The van der Waals surface area contributed by atoms with Gasteiger partial charge in [-0.3, -0.25) is 4.79 Å². The molecule has 1 aliphatic rings. The maximum atomic E-state index is 12.3. The van der Waals surface area contributed by atoms with Gasteiger partial charge in [-0.05, 0) is 44.5 Å².